The first-order chi connectivity index (χ1) is 14.9. The molecule has 0 bridgehead atoms. The fraction of sp³-hybridized carbons (Fsp3) is 0.667. The van der Waals surface area contributed by atoms with Gasteiger partial charge in [0.05, 0.1) is 31.8 Å². The Morgan fingerprint density at radius 3 is 2.45 bits per heavy atom. The average molecular weight is 445 g/mol. The van der Waals surface area contributed by atoms with Crippen LogP contribution in [0.4, 0.5) is 17.6 Å². The van der Waals surface area contributed by atoms with Crippen molar-refractivity contribution >= 4 is 0 Å². The second-order valence-corrected chi connectivity index (χ2v) is 8.61. The quantitative estimate of drug-likeness (QED) is 0.336. The summed E-state index contributed by atoms with van der Waals surface area (Å²) in [5, 5.41) is 0. The highest BCUT2D eigenvalue weighted by atomic mass is 19.3. The first-order valence-electron chi connectivity index (χ1n) is 11.1. The van der Waals surface area contributed by atoms with Gasteiger partial charge in [0.2, 0.25) is 0 Å². The van der Waals surface area contributed by atoms with Crippen LogP contribution < -0.4 is 0 Å². The lowest BCUT2D eigenvalue weighted by Crippen LogP contribution is -2.49. The predicted molar refractivity (Wildman–Crippen MR) is 110 cm³/mol. The molecule has 0 amide bonds. The Labute approximate surface area is 181 Å². The molecule has 2 fully saturated rings. The first-order valence-corrected chi connectivity index (χ1v) is 11.1. The second-order valence-electron chi connectivity index (χ2n) is 8.61. The molecule has 7 heteroatoms. The Balaban J connectivity index is 1.51. The summed E-state index contributed by atoms with van der Waals surface area (Å²) in [4.78, 5) is 0. The van der Waals surface area contributed by atoms with Gasteiger partial charge in [0, 0.05) is 17.9 Å². The highest BCUT2D eigenvalue weighted by molar-refractivity contribution is 5.26. The van der Waals surface area contributed by atoms with Crippen molar-refractivity contribution in [3.8, 4) is 0 Å². The van der Waals surface area contributed by atoms with Crippen molar-refractivity contribution in [1.82, 2.24) is 0 Å². The Bertz CT molecular complexity index is 732. The smallest absolute Gasteiger partial charge is 0.258 e. The van der Waals surface area contributed by atoms with Gasteiger partial charge in [-0.15, -0.1) is 6.58 Å². The van der Waals surface area contributed by atoms with E-state index in [0.29, 0.717) is 38.0 Å². The van der Waals surface area contributed by atoms with Gasteiger partial charge in [0.15, 0.2) is 17.9 Å². The molecule has 1 aliphatic heterocycles. The van der Waals surface area contributed by atoms with Gasteiger partial charge < -0.3 is 14.2 Å². The molecule has 174 valence electrons. The minimum absolute atomic E-state index is 0.0484. The topological polar surface area (TPSA) is 27.7 Å². The molecular formula is C24H32F4O3. The molecule has 2 atom stereocenters. The minimum atomic E-state index is -3.02. The lowest BCUT2D eigenvalue weighted by molar-refractivity contribution is -0.275. The van der Waals surface area contributed by atoms with Crippen molar-refractivity contribution in [3.63, 3.8) is 0 Å². The number of aryl methyl sites for hydroxylation is 1. The Morgan fingerprint density at radius 2 is 1.81 bits per heavy atom. The van der Waals surface area contributed by atoms with E-state index < -0.39 is 42.3 Å². The predicted octanol–water partition coefficient (Wildman–Crippen LogP) is 6.19. The normalized spacial score (nSPS) is 28.4. The summed E-state index contributed by atoms with van der Waals surface area (Å²) in [5.74, 6) is -5.69. The van der Waals surface area contributed by atoms with Gasteiger partial charge in [-0.3, -0.25) is 0 Å². The molecule has 31 heavy (non-hydrogen) atoms. The van der Waals surface area contributed by atoms with Crippen molar-refractivity contribution in [3.05, 3.63) is 47.5 Å². The third-order valence-corrected chi connectivity index (χ3v) is 6.18. The van der Waals surface area contributed by atoms with E-state index in [1.807, 2.05) is 13.0 Å². The largest absolute Gasteiger partial charge is 0.373 e. The zero-order valence-corrected chi connectivity index (χ0v) is 18.1. The summed E-state index contributed by atoms with van der Waals surface area (Å²) in [6.45, 7) is 6.15. The van der Waals surface area contributed by atoms with Crippen LogP contribution in [0.15, 0.2) is 24.8 Å². The van der Waals surface area contributed by atoms with Crippen LogP contribution in [0.5, 0.6) is 0 Å². The first kappa shape index (κ1) is 24.2. The van der Waals surface area contributed by atoms with Gasteiger partial charge in [0.25, 0.3) is 5.92 Å². The highest BCUT2D eigenvalue weighted by Crippen LogP contribution is 2.43. The summed E-state index contributed by atoms with van der Waals surface area (Å²) in [6, 6.07) is 3.01. The number of ether oxygens (including phenoxy) is 3. The van der Waals surface area contributed by atoms with E-state index in [9.17, 15) is 17.6 Å². The monoisotopic (exact) mass is 444 g/mol. The van der Waals surface area contributed by atoms with E-state index in [-0.39, 0.29) is 24.5 Å². The summed E-state index contributed by atoms with van der Waals surface area (Å²) >= 11 is 0. The minimum Gasteiger partial charge on any atom is -0.373 e. The van der Waals surface area contributed by atoms with Crippen molar-refractivity contribution in [1.29, 1.82) is 0 Å². The van der Waals surface area contributed by atoms with E-state index in [1.165, 1.54) is 12.1 Å². The van der Waals surface area contributed by atoms with Crippen LogP contribution in [0.1, 0.15) is 56.6 Å². The number of hydrogen-bond donors (Lipinski definition) is 0. The Kier molecular flexibility index (Phi) is 8.53. The van der Waals surface area contributed by atoms with Gasteiger partial charge in [-0.25, -0.2) is 17.6 Å². The van der Waals surface area contributed by atoms with Gasteiger partial charge in [-0.05, 0) is 37.7 Å². The zero-order valence-electron chi connectivity index (χ0n) is 18.1. The fourth-order valence-electron chi connectivity index (χ4n) is 4.33. The van der Waals surface area contributed by atoms with Gasteiger partial charge in [-0.1, -0.05) is 31.6 Å². The molecule has 0 N–H and O–H groups in total. The van der Waals surface area contributed by atoms with Crippen LogP contribution >= 0.6 is 0 Å². The van der Waals surface area contributed by atoms with E-state index >= 15 is 0 Å². The van der Waals surface area contributed by atoms with E-state index in [1.54, 1.807) is 0 Å². The van der Waals surface area contributed by atoms with Crippen LogP contribution in [0.2, 0.25) is 0 Å². The number of benzene rings is 1. The number of allylic oxidation sites excluding steroid dienone is 1. The lowest BCUT2D eigenvalue weighted by Gasteiger charge is -2.41. The summed E-state index contributed by atoms with van der Waals surface area (Å²) in [7, 11) is 0. The standard InChI is InChI=1S/C24H32F4O3/c1-3-5-7-16-13-30-23(31-14-16)20-11-10-19(12-24(20,27)28)29-15-18-9-8-17(6-4-2)21(25)22(18)26/h3,8-9,16,19-20,23H,1,4-7,10-15H2,2H3. The molecule has 3 nitrogen and oxygen atoms in total. The molecule has 2 unspecified atom stereocenters. The summed E-state index contributed by atoms with van der Waals surface area (Å²) in [5.41, 5.74) is 0.363. The molecule has 1 saturated carbocycles. The van der Waals surface area contributed by atoms with Crippen molar-refractivity contribution in [2.24, 2.45) is 11.8 Å². The molecule has 2 aliphatic rings. The third-order valence-electron chi connectivity index (χ3n) is 6.18. The maximum atomic E-state index is 14.8. The maximum absolute atomic E-state index is 14.8. The van der Waals surface area contributed by atoms with Crippen LogP contribution in [-0.4, -0.2) is 31.5 Å². The Morgan fingerprint density at radius 1 is 1.13 bits per heavy atom. The fourth-order valence-corrected chi connectivity index (χ4v) is 4.33. The average Bonchev–Trinajstić information content (AvgIpc) is 2.75. The number of halogens is 4. The number of alkyl halides is 2. The van der Waals surface area contributed by atoms with Crippen LogP contribution in [0.25, 0.3) is 0 Å². The van der Waals surface area contributed by atoms with Crippen molar-refractivity contribution < 1.29 is 31.8 Å². The molecule has 1 aromatic carbocycles. The molecule has 1 saturated heterocycles. The summed E-state index contributed by atoms with van der Waals surface area (Å²) in [6.07, 6.45) is 3.11. The van der Waals surface area contributed by atoms with Gasteiger partial charge in [-0.2, -0.15) is 0 Å². The molecule has 1 heterocycles. The molecule has 0 spiro atoms. The van der Waals surface area contributed by atoms with Gasteiger partial charge in [0.1, 0.15) is 0 Å². The van der Waals surface area contributed by atoms with E-state index in [0.717, 1.165) is 12.8 Å². The SMILES string of the molecule is C=CCCC1COC(C2CCC(OCc3ccc(CCC)c(F)c3F)CC2(F)F)OC1. The Hall–Kier alpha value is -1.44. The molecule has 1 aliphatic carbocycles. The molecule has 3 rings (SSSR count). The van der Waals surface area contributed by atoms with Crippen molar-refractivity contribution in [2.45, 2.75) is 76.8 Å². The van der Waals surface area contributed by atoms with E-state index in [4.69, 9.17) is 14.2 Å². The van der Waals surface area contributed by atoms with E-state index in [2.05, 4.69) is 6.58 Å². The van der Waals surface area contributed by atoms with Crippen LogP contribution in [-0.2, 0) is 27.2 Å². The maximum Gasteiger partial charge on any atom is 0.258 e. The number of rotatable bonds is 9. The van der Waals surface area contributed by atoms with Gasteiger partial charge >= 0.3 is 0 Å². The molecule has 0 aromatic heterocycles. The zero-order chi connectivity index (χ0) is 22.4. The van der Waals surface area contributed by atoms with Crippen molar-refractivity contribution in [2.75, 3.05) is 13.2 Å². The summed E-state index contributed by atoms with van der Waals surface area (Å²) < 4.78 is 74.8. The molecule has 0 radical (unpaired) electrons. The second kappa shape index (κ2) is 10.9. The molecular weight excluding hydrogens is 412 g/mol. The van der Waals surface area contributed by atoms with Crippen LogP contribution in [0.3, 0.4) is 0 Å². The van der Waals surface area contributed by atoms with Crippen LogP contribution in [0, 0.1) is 23.5 Å². The third kappa shape index (κ3) is 6.08. The molecule has 1 aromatic rings. The highest BCUT2D eigenvalue weighted by Gasteiger charge is 2.51. The lowest BCUT2D eigenvalue weighted by atomic mass is 9.83. The number of hydrogen-bond acceptors (Lipinski definition) is 3.